The van der Waals surface area contributed by atoms with Crippen LogP contribution in [0.2, 0.25) is 0 Å². The van der Waals surface area contributed by atoms with Crippen molar-refractivity contribution >= 4 is 17.8 Å². The zero-order valence-electron chi connectivity index (χ0n) is 8.06. The average Bonchev–Trinajstić information content (AvgIpc) is 2.21. The summed E-state index contributed by atoms with van der Waals surface area (Å²) < 4.78 is 0. The molecule has 2 unspecified atom stereocenters. The summed E-state index contributed by atoms with van der Waals surface area (Å²) in [5.74, 6) is -1.42. The zero-order valence-corrected chi connectivity index (χ0v) is 8.06. The number of hydrogen-bond donors (Lipinski definition) is 4. The van der Waals surface area contributed by atoms with E-state index in [-0.39, 0.29) is 0 Å². The molecule has 0 aromatic carbocycles. The number of urea groups is 1. The Morgan fingerprint density at radius 1 is 1.67 bits per heavy atom. The lowest BCUT2D eigenvalue weighted by molar-refractivity contribution is -0.132. The Hall–Kier alpha value is -1.67. The molecule has 1 heterocycles. The molecule has 84 valence electrons. The van der Waals surface area contributed by atoms with Gasteiger partial charge in [0.1, 0.15) is 18.8 Å². The third-order valence-corrected chi connectivity index (χ3v) is 2.08. The molecule has 1 aliphatic rings. The van der Waals surface area contributed by atoms with E-state index in [1.165, 1.54) is 7.05 Å². The van der Waals surface area contributed by atoms with Crippen LogP contribution in [0.3, 0.4) is 0 Å². The van der Waals surface area contributed by atoms with Gasteiger partial charge in [-0.15, -0.1) is 0 Å². The highest BCUT2D eigenvalue weighted by atomic mass is 16.3. The predicted molar refractivity (Wildman–Crippen MR) is 48.3 cm³/mol. The zero-order chi connectivity index (χ0) is 11.6. The number of hydrogen-bond acceptors (Lipinski definition) is 5. The second kappa shape index (κ2) is 4.24. The lowest BCUT2D eigenvalue weighted by Gasteiger charge is -2.35. The molecule has 4 amide bonds. The normalized spacial score (nSPS) is 26.2. The second-order valence-corrected chi connectivity index (χ2v) is 3.10. The van der Waals surface area contributed by atoms with Crippen LogP contribution < -0.4 is 16.4 Å². The number of carbonyl (C=O) groups excluding carboxylic acids is 3. The largest absolute Gasteiger partial charge is 0.387 e. The monoisotopic (exact) mass is 216 g/mol. The Morgan fingerprint density at radius 3 is 2.80 bits per heavy atom. The molecule has 0 aromatic rings. The van der Waals surface area contributed by atoms with Crippen molar-refractivity contribution in [2.45, 2.75) is 12.2 Å². The molecule has 1 saturated heterocycles. The summed E-state index contributed by atoms with van der Waals surface area (Å²) in [4.78, 5) is 34.3. The molecule has 1 fully saturated rings. The molecule has 8 heteroatoms. The number of nitrogens with two attached hydrogens (primary N) is 1. The van der Waals surface area contributed by atoms with Gasteiger partial charge in [0.2, 0.25) is 5.91 Å². The number of aliphatic hydroxyl groups is 1. The molecule has 1 aliphatic heterocycles. The molecular weight excluding hydrogens is 204 g/mol. The first kappa shape index (κ1) is 11.4. The highest BCUT2D eigenvalue weighted by molar-refractivity contribution is 6.01. The Bertz CT molecular complexity index is 305. The lowest BCUT2D eigenvalue weighted by atomic mass is 10.1. The smallest absolute Gasteiger partial charge is 0.325 e. The molecule has 2 atom stereocenters. The van der Waals surface area contributed by atoms with Crippen LogP contribution in [0, 0.1) is 0 Å². The fraction of sp³-hybridized carbons (Fsp3) is 0.571. The number of carbonyl (C=O) groups is 3. The predicted octanol–water partition coefficient (Wildman–Crippen LogP) is -3.07. The van der Waals surface area contributed by atoms with Gasteiger partial charge in [0.15, 0.2) is 0 Å². The molecule has 15 heavy (non-hydrogen) atoms. The van der Waals surface area contributed by atoms with Crippen molar-refractivity contribution in [1.29, 1.82) is 0 Å². The summed E-state index contributed by atoms with van der Waals surface area (Å²) in [6, 6.07) is -1.67. The van der Waals surface area contributed by atoms with Crippen LogP contribution in [-0.4, -0.2) is 53.7 Å². The number of aliphatic hydroxyl groups excluding tert-OH is 1. The molecule has 0 saturated carbocycles. The van der Waals surface area contributed by atoms with Crippen molar-refractivity contribution in [3.8, 4) is 0 Å². The minimum atomic E-state index is -1.05. The van der Waals surface area contributed by atoms with Crippen molar-refractivity contribution < 1.29 is 19.5 Å². The maximum atomic E-state index is 11.3. The van der Waals surface area contributed by atoms with Crippen molar-refractivity contribution in [3.63, 3.8) is 0 Å². The van der Waals surface area contributed by atoms with Gasteiger partial charge < -0.3 is 21.1 Å². The highest BCUT2D eigenvalue weighted by Crippen LogP contribution is 2.03. The van der Waals surface area contributed by atoms with Gasteiger partial charge in [-0.25, -0.2) is 4.79 Å². The van der Waals surface area contributed by atoms with E-state index in [4.69, 9.17) is 10.8 Å². The van der Waals surface area contributed by atoms with Gasteiger partial charge in [0.05, 0.1) is 0 Å². The van der Waals surface area contributed by atoms with Crippen LogP contribution >= 0.6 is 0 Å². The molecule has 0 aliphatic carbocycles. The van der Waals surface area contributed by atoms with E-state index in [0.29, 0.717) is 0 Å². The van der Waals surface area contributed by atoms with E-state index in [1.807, 2.05) is 5.32 Å². The maximum Gasteiger partial charge on any atom is 0.325 e. The van der Waals surface area contributed by atoms with Gasteiger partial charge >= 0.3 is 6.03 Å². The third kappa shape index (κ3) is 2.22. The number of amides is 4. The number of nitrogens with one attached hydrogen (secondary N) is 2. The molecule has 0 bridgehead atoms. The number of rotatable bonds is 2. The van der Waals surface area contributed by atoms with Crippen molar-refractivity contribution in [2.75, 3.05) is 13.7 Å². The van der Waals surface area contributed by atoms with Gasteiger partial charge in [-0.3, -0.25) is 14.9 Å². The van der Waals surface area contributed by atoms with Crippen molar-refractivity contribution in [2.24, 2.45) is 5.73 Å². The molecule has 0 aromatic heterocycles. The summed E-state index contributed by atoms with van der Waals surface area (Å²) in [6.45, 7) is -0.742. The molecule has 8 nitrogen and oxygen atoms in total. The first-order valence-corrected chi connectivity index (χ1v) is 4.21. The minimum Gasteiger partial charge on any atom is -0.387 e. The summed E-state index contributed by atoms with van der Waals surface area (Å²) in [5.41, 5.74) is 5.55. The number of nitrogens with zero attached hydrogens (tertiary/aromatic N) is 1. The summed E-state index contributed by atoms with van der Waals surface area (Å²) in [7, 11) is 1.39. The molecule has 1 rings (SSSR count). The van der Waals surface area contributed by atoms with E-state index in [0.717, 1.165) is 4.90 Å². The number of likely N-dealkylation sites (N-methyl/N-ethyl adjacent to an activating group) is 1. The average molecular weight is 216 g/mol. The van der Waals surface area contributed by atoms with Crippen molar-refractivity contribution in [1.82, 2.24) is 15.5 Å². The van der Waals surface area contributed by atoms with Crippen LogP contribution in [0.1, 0.15) is 0 Å². The first-order chi connectivity index (χ1) is 6.97. The Kier molecular flexibility index (Phi) is 3.22. The van der Waals surface area contributed by atoms with Crippen molar-refractivity contribution in [3.05, 3.63) is 0 Å². The topological polar surface area (TPSA) is 125 Å². The van der Waals surface area contributed by atoms with Crippen LogP contribution in [-0.2, 0) is 9.59 Å². The van der Waals surface area contributed by atoms with Gasteiger partial charge in [-0.2, -0.15) is 0 Å². The van der Waals surface area contributed by atoms with E-state index in [2.05, 4.69) is 5.32 Å². The number of imide groups is 1. The van der Waals surface area contributed by atoms with Gasteiger partial charge in [0, 0.05) is 7.05 Å². The van der Waals surface area contributed by atoms with Gasteiger partial charge in [-0.05, 0) is 0 Å². The highest BCUT2D eigenvalue weighted by Gasteiger charge is 2.38. The lowest BCUT2D eigenvalue weighted by Crippen LogP contribution is -2.69. The maximum absolute atomic E-state index is 11.3. The van der Waals surface area contributed by atoms with Gasteiger partial charge in [-0.1, -0.05) is 0 Å². The van der Waals surface area contributed by atoms with Crippen LogP contribution in [0.5, 0.6) is 0 Å². The van der Waals surface area contributed by atoms with E-state index >= 15 is 0 Å². The second-order valence-electron chi connectivity index (χ2n) is 3.10. The molecule has 5 N–H and O–H groups in total. The SMILES string of the molecule is CN1C(=O)NC(=O)C(NC(=O)CO)C1N. The van der Waals surface area contributed by atoms with E-state index in [9.17, 15) is 14.4 Å². The Labute approximate surface area is 85.4 Å². The summed E-state index contributed by atoms with van der Waals surface area (Å²) in [6.07, 6.45) is -0.943. The Morgan fingerprint density at radius 2 is 2.27 bits per heavy atom. The Balaban J connectivity index is 2.74. The fourth-order valence-electron chi connectivity index (χ4n) is 1.16. The summed E-state index contributed by atoms with van der Waals surface area (Å²) in [5, 5.41) is 12.7. The van der Waals surface area contributed by atoms with Crippen LogP contribution in [0.4, 0.5) is 4.79 Å². The molecule has 0 radical (unpaired) electrons. The van der Waals surface area contributed by atoms with E-state index in [1.54, 1.807) is 0 Å². The van der Waals surface area contributed by atoms with E-state index < -0.39 is 36.7 Å². The third-order valence-electron chi connectivity index (χ3n) is 2.08. The minimum absolute atomic E-state index is 0.623. The van der Waals surface area contributed by atoms with Gasteiger partial charge in [0.25, 0.3) is 5.91 Å². The van der Waals surface area contributed by atoms with Crippen LogP contribution in [0.25, 0.3) is 0 Å². The quantitative estimate of drug-likeness (QED) is 0.390. The molecular formula is C7H12N4O4. The van der Waals surface area contributed by atoms with Crippen LogP contribution in [0.15, 0.2) is 0 Å². The standard InChI is InChI=1S/C7H12N4O4/c1-11-5(8)4(9-3(13)2-12)6(14)10-7(11)15/h4-5,12H,2,8H2,1H3,(H,9,13)(H,10,14,15). The fourth-order valence-corrected chi connectivity index (χ4v) is 1.16. The summed E-state index contributed by atoms with van der Waals surface area (Å²) >= 11 is 0. The first-order valence-electron chi connectivity index (χ1n) is 4.21. The molecule has 0 spiro atoms.